The molecule has 0 fully saturated rings. The van der Waals surface area contributed by atoms with Crippen molar-refractivity contribution in [1.29, 1.82) is 0 Å². The topological polar surface area (TPSA) is 50.4 Å². The first-order chi connectivity index (χ1) is 7.81. The summed E-state index contributed by atoms with van der Waals surface area (Å²) in [6.45, 7) is 2.05. The molecule has 2 aromatic rings. The second kappa shape index (κ2) is 4.92. The van der Waals surface area contributed by atoms with E-state index in [1.165, 1.54) is 5.56 Å². The SMILES string of the molecule is Cc1ccsc1C(=Nc1ccccc1)NN. The third-order valence-corrected chi connectivity index (χ3v) is 3.23. The first kappa shape index (κ1) is 10.9. The molecule has 0 aliphatic carbocycles. The summed E-state index contributed by atoms with van der Waals surface area (Å²) >= 11 is 1.63. The van der Waals surface area contributed by atoms with Crippen molar-refractivity contribution in [3.8, 4) is 0 Å². The molecule has 2 rings (SSSR count). The molecular weight excluding hydrogens is 218 g/mol. The molecular formula is C12H13N3S. The van der Waals surface area contributed by atoms with Crippen LogP contribution in [-0.2, 0) is 0 Å². The average Bonchev–Trinajstić information content (AvgIpc) is 2.74. The second-order valence-corrected chi connectivity index (χ2v) is 4.29. The van der Waals surface area contributed by atoms with Gasteiger partial charge in [0, 0.05) is 0 Å². The molecule has 0 bridgehead atoms. The number of nitrogens with zero attached hydrogens (tertiary/aromatic N) is 1. The van der Waals surface area contributed by atoms with Crippen LogP contribution in [0.4, 0.5) is 5.69 Å². The van der Waals surface area contributed by atoms with Crippen molar-refractivity contribution in [2.75, 3.05) is 0 Å². The minimum Gasteiger partial charge on any atom is -0.307 e. The van der Waals surface area contributed by atoms with Crippen molar-refractivity contribution in [1.82, 2.24) is 5.43 Å². The summed E-state index contributed by atoms with van der Waals surface area (Å²) in [6.07, 6.45) is 0. The Balaban J connectivity index is 2.37. The van der Waals surface area contributed by atoms with E-state index in [1.807, 2.05) is 42.6 Å². The van der Waals surface area contributed by atoms with Gasteiger partial charge in [0.1, 0.15) is 0 Å². The third-order valence-electron chi connectivity index (χ3n) is 2.21. The van der Waals surface area contributed by atoms with E-state index in [0.29, 0.717) is 5.84 Å². The van der Waals surface area contributed by atoms with Crippen LogP contribution in [0.15, 0.2) is 46.8 Å². The van der Waals surface area contributed by atoms with Gasteiger partial charge in [-0.3, -0.25) is 0 Å². The number of amidine groups is 1. The van der Waals surface area contributed by atoms with Gasteiger partial charge in [-0.1, -0.05) is 18.2 Å². The van der Waals surface area contributed by atoms with Crippen LogP contribution >= 0.6 is 11.3 Å². The molecule has 0 amide bonds. The van der Waals surface area contributed by atoms with Crippen LogP contribution in [0.2, 0.25) is 0 Å². The number of hydrogen-bond donors (Lipinski definition) is 2. The molecule has 4 heteroatoms. The monoisotopic (exact) mass is 231 g/mol. The van der Waals surface area contributed by atoms with Crippen LogP contribution in [0.25, 0.3) is 0 Å². The standard InChI is InChI=1S/C12H13N3S/c1-9-7-8-16-11(9)12(15-13)14-10-5-3-2-4-6-10/h2-8H,13H2,1H3,(H,14,15). The molecule has 0 atom stereocenters. The van der Waals surface area contributed by atoms with Gasteiger partial charge >= 0.3 is 0 Å². The number of rotatable bonds is 2. The zero-order chi connectivity index (χ0) is 11.4. The lowest BCUT2D eigenvalue weighted by molar-refractivity contribution is 1.03. The molecule has 1 aromatic carbocycles. The van der Waals surface area contributed by atoms with Gasteiger partial charge in [0.15, 0.2) is 5.84 Å². The van der Waals surface area contributed by atoms with E-state index in [2.05, 4.69) is 16.5 Å². The Labute approximate surface area is 98.6 Å². The summed E-state index contributed by atoms with van der Waals surface area (Å²) in [5.41, 5.74) is 4.72. The van der Waals surface area contributed by atoms with Gasteiger partial charge in [-0.2, -0.15) is 0 Å². The Morgan fingerprint density at radius 3 is 2.56 bits per heavy atom. The lowest BCUT2D eigenvalue weighted by Crippen LogP contribution is -2.30. The Hall–Kier alpha value is -1.65. The Morgan fingerprint density at radius 1 is 1.25 bits per heavy atom. The van der Waals surface area contributed by atoms with E-state index in [-0.39, 0.29) is 0 Å². The maximum absolute atomic E-state index is 5.51. The van der Waals surface area contributed by atoms with Crippen LogP contribution in [0.1, 0.15) is 10.4 Å². The summed E-state index contributed by atoms with van der Waals surface area (Å²) in [5.74, 6) is 6.21. The second-order valence-electron chi connectivity index (χ2n) is 3.37. The first-order valence-corrected chi connectivity index (χ1v) is 5.84. The Kier molecular flexibility index (Phi) is 3.34. The summed E-state index contributed by atoms with van der Waals surface area (Å²) < 4.78 is 0. The maximum atomic E-state index is 5.51. The lowest BCUT2D eigenvalue weighted by atomic mass is 10.2. The van der Waals surface area contributed by atoms with Gasteiger partial charge in [-0.15, -0.1) is 11.3 Å². The molecule has 1 heterocycles. The zero-order valence-electron chi connectivity index (χ0n) is 8.97. The number of hydrazine groups is 1. The minimum atomic E-state index is 0.707. The Morgan fingerprint density at radius 2 is 2.00 bits per heavy atom. The van der Waals surface area contributed by atoms with E-state index in [9.17, 15) is 0 Å². The number of para-hydroxylation sites is 1. The van der Waals surface area contributed by atoms with Crippen LogP contribution in [0.5, 0.6) is 0 Å². The predicted octanol–water partition coefficient (Wildman–Crippen LogP) is 2.60. The number of hydrogen-bond acceptors (Lipinski definition) is 3. The van der Waals surface area contributed by atoms with E-state index >= 15 is 0 Å². The number of benzene rings is 1. The number of thiophene rings is 1. The normalized spacial score (nSPS) is 11.5. The fourth-order valence-corrected chi connectivity index (χ4v) is 2.27. The lowest BCUT2D eigenvalue weighted by Gasteiger charge is -2.04. The van der Waals surface area contributed by atoms with Crippen molar-refractivity contribution >= 4 is 22.9 Å². The predicted molar refractivity (Wildman–Crippen MR) is 69.0 cm³/mol. The van der Waals surface area contributed by atoms with Gasteiger partial charge in [-0.05, 0) is 36.1 Å². The quantitative estimate of drug-likeness (QED) is 0.361. The van der Waals surface area contributed by atoms with E-state index in [1.54, 1.807) is 11.3 Å². The molecule has 0 saturated carbocycles. The van der Waals surface area contributed by atoms with Gasteiger partial charge in [0.05, 0.1) is 10.6 Å². The van der Waals surface area contributed by atoms with E-state index in [4.69, 9.17) is 5.84 Å². The molecule has 3 N–H and O–H groups in total. The molecule has 0 aliphatic heterocycles. The van der Waals surface area contributed by atoms with Gasteiger partial charge in [-0.25, -0.2) is 10.8 Å². The summed E-state index contributed by atoms with van der Waals surface area (Å²) in [7, 11) is 0. The van der Waals surface area contributed by atoms with E-state index < -0.39 is 0 Å². The number of aryl methyl sites for hydroxylation is 1. The third kappa shape index (κ3) is 2.29. The summed E-state index contributed by atoms with van der Waals surface area (Å²) in [6, 6.07) is 11.8. The van der Waals surface area contributed by atoms with Crippen LogP contribution in [0.3, 0.4) is 0 Å². The molecule has 0 radical (unpaired) electrons. The highest BCUT2D eigenvalue weighted by Crippen LogP contribution is 2.18. The first-order valence-electron chi connectivity index (χ1n) is 4.96. The van der Waals surface area contributed by atoms with Crippen molar-refractivity contribution in [3.63, 3.8) is 0 Å². The van der Waals surface area contributed by atoms with Crippen LogP contribution in [-0.4, -0.2) is 5.84 Å². The number of nitrogens with one attached hydrogen (secondary N) is 1. The highest BCUT2D eigenvalue weighted by Gasteiger charge is 2.06. The molecule has 3 nitrogen and oxygen atoms in total. The molecule has 82 valence electrons. The molecule has 0 unspecified atom stereocenters. The number of nitrogens with two attached hydrogens (primary N) is 1. The smallest absolute Gasteiger partial charge is 0.158 e. The fraction of sp³-hybridized carbons (Fsp3) is 0.0833. The van der Waals surface area contributed by atoms with Gasteiger partial charge in [0.25, 0.3) is 0 Å². The molecule has 16 heavy (non-hydrogen) atoms. The largest absolute Gasteiger partial charge is 0.307 e. The van der Waals surface area contributed by atoms with Crippen molar-refractivity contribution in [2.24, 2.45) is 10.8 Å². The van der Waals surface area contributed by atoms with E-state index in [0.717, 1.165) is 10.6 Å². The molecule has 0 aliphatic rings. The van der Waals surface area contributed by atoms with Crippen molar-refractivity contribution in [3.05, 3.63) is 52.2 Å². The highest BCUT2D eigenvalue weighted by atomic mass is 32.1. The summed E-state index contributed by atoms with van der Waals surface area (Å²) in [4.78, 5) is 5.55. The van der Waals surface area contributed by atoms with Crippen LogP contribution < -0.4 is 11.3 Å². The molecule has 0 saturated heterocycles. The Bertz CT molecular complexity index is 488. The maximum Gasteiger partial charge on any atom is 0.158 e. The molecule has 1 aromatic heterocycles. The average molecular weight is 231 g/mol. The number of aliphatic imine (C=N–C) groups is 1. The highest BCUT2D eigenvalue weighted by molar-refractivity contribution is 7.12. The summed E-state index contributed by atoms with van der Waals surface area (Å²) in [5, 5.41) is 2.03. The minimum absolute atomic E-state index is 0.707. The van der Waals surface area contributed by atoms with Gasteiger partial charge < -0.3 is 5.43 Å². The van der Waals surface area contributed by atoms with Crippen molar-refractivity contribution in [2.45, 2.75) is 6.92 Å². The zero-order valence-corrected chi connectivity index (χ0v) is 9.79. The fourth-order valence-electron chi connectivity index (χ4n) is 1.40. The van der Waals surface area contributed by atoms with Crippen molar-refractivity contribution < 1.29 is 0 Å². The van der Waals surface area contributed by atoms with Crippen LogP contribution in [0, 0.1) is 6.92 Å². The van der Waals surface area contributed by atoms with Gasteiger partial charge in [0.2, 0.25) is 0 Å². The molecule has 0 spiro atoms.